The molecule has 6 heteroatoms. The van der Waals surface area contributed by atoms with Crippen molar-refractivity contribution in [3.05, 3.63) is 0 Å². The lowest BCUT2D eigenvalue weighted by Gasteiger charge is -2.16. The summed E-state index contributed by atoms with van der Waals surface area (Å²) in [7, 11) is -1.67. The third kappa shape index (κ3) is 4.49. The number of sulfonamides is 1. The van der Waals surface area contributed by atoms with Gasteiger partial charge >= 0.3 is 5.97 Å². The van der Waals surface area contributed by atoms with Crippen LogP contribution in [0.15, 0.2) is 0 Å². The topological polar surface area (TPSA) is 63.7 Å². The van der Waals surface area contributed by atoms with E-state index in [4.69, 9.17) is 4.74 Å². The molecular weight excluding hydrogens is 230 g/mol. The van der Waals surface area contributed by atoms with Crippen LogP contribution < -0.4 is 0 Å². The van der Waals surface area contributed by atoms with Crippen molar-refractivity contribution in [3.8, 4) is 0 Å². The molecule has 0 aliphatic heterocycles. The molecule has 0 aromatic rings. The number of carbonyl (C=O) groups excluding carboxylic acids is 1. The second-order valence-electron chi connectivity index (χ2n) is 4.10. The molecular formula is C10H19NO4S. The molecule has 0 amide bonds. The lowest BCUT2D eigenvalue weighted by molar-refractivity contribution is -0.143. The van der Waals surface area contributed by atoms with Crippen molar-refractivity contribution in [1.29, 1.82) is 0 Å². The van der Waals surface area contributed by atoms with E-state index in [2.05, 4.69) is 0 Å². The lowest BCUT2D eigenvalue weighted by Crippen LogP contribution is -2.32. The number of esters is 1. The summed E-state index contributed by atoms with van der Waals surface area (Å²) in [6.45, 7) is 2.26. The minimum Gasteiger partial charge on any atom is -0.466 e. The van der Waals surface area contributed by atoms with E-state index >= 15 is 0 Å². The molecule has 16 heavy (non-hydrogen) atoms. The van der Waals surface area contributed by atoms with E-state index in [1.807, 2.05) is 0 Å². The van der Waals surface area contributed by atoms with E-state index in [9.17, 15) is 13.2 Å². The van der Waals surface area contributed by atoms with E-state index in [0.717, 1.165) is 12.8 Å². The van der Waals surface area contributed by atoms with Gasteiger partial charge in [0, 0.05) is 13.6 Å². The average molecular weight is 249 g/mol. The number of ether oxygens (including phenoxy) is 1. The van der Waals surface area contributed by atoms with Gasteiger partial charge in [0.05, 0.1) is 18.8 Å². The quantitative estimate of drug-likeness (QED) is 0.620. The fraction of sp³-hybridized carbons (Fsp3) is 0.900. The van der Waals surface area contributed by atoms with Crippen molar-refractivity contribution < 1.29 is 17.9 Å². The third-order valence-corrected chi connectivity index (χ3v) is 4.58. The van der Waals surface area contributed by atoms with Crippen molar-refractivity contribution in [2.24, 2.45) is 5.92 Å². The zero-order valence-corrected chi connectivity index (χ0v) is 10.6. The fourth-order valence-corrected chi connectivity index (χ4v) is 2.88. The van der Waals surface area contributed by atoms with Crippen LogP contribution in [0, 0.1) is 5.92 Å². The summed E-state index contributed by atoms with van der Waals surface area (Å²) in [6.07, 6.45) is 2.13. The van der Waals surface area contributed by atoms with Crippen molar-refractivity contribution in [3.63, 3.8) is 0 Å². The molecule has 94 valence electrons. The van der Waals surface area contributed by atoms with Crippen LogP contribution in [0.1, 0.15) is 26.2 Å². The molecule has 1 aliphatic carbocycles. The van der Waals surface area contributed by atoms with Crippen LogP contribution in [0.3, 0.4) is 0 Å². The standard InChI is InChI=1S/C10H19NO4S/c1-3-15-10(12)6-7-11(2)16(13,14)8-9-4-5-9/h9H,3-8H2,1-2H3. The second-order valence-corrected chi connectivity index (χ2v) is 6.22. The number of nitrogens with zero attached hydrogens (tertiary/aromatic N) is 1. The highest BCUT2D eigenvalue weighted by atomic mass is 32.2. The Labute approximate surface area is 96.8 Å². The summed E-state index contributed by atoms with van der Waals surface area (Å²) in [6, 6.07) is 0. The molecule has 0 atom stereocenters. The van der Waals surface area contributed by atoms with Gasteiger partial charge in [-0.15, -0.1) is 0 Å². The molecule has 1 rings (SSSR count). The van der Waals surface area contributed by atoms with Gasteiger partial charge in [0.15, 0.2) is 0 Å². The normalized spacial score (nSPS) is 16.4. The first-order chi connectivity index (χ1) is 7.45. The molecule has 0 aromatic carbocycles. The third-order valence-electron chi connectivity index (χ3n) is 2.55. The van der Waals surface area contributed by atoms with E-state index < -0.39 is 10.0 Å². The van der Waals surface area contributed by atoms with Gasteiger partial charge in [0.25, 0.3) is 0 Å². The van der Waals surface area contributed by atoms with E-state index in [0.29, 0.717) is 12.5 Å². The molecule has 1 fully saturated rings. The van der Waals surface area contributed by atoms with Gasteiger partial charge in [-0.2, -0.15) is 0 Å². The molecule has 0 N–H and O–H groups in total. The maximum Gasteiger partial charge on any atom is 0.307 e. The van der Waals surface area contributed by atoms with E-state index in [1.54, 1.807) is 6.92 Å². The smallest absolute Gasteiger partial charge is 0.307 e. The molecule has 5 nitrogen and oxygen atoms in total. The summed E-state index contributed by atoms with van der Waals surface area (Å²) in [5.74, 6) is 0.192. The summed E-state index contributed by atoms with van der Waals surface area (Å²) in [4.78, 5) is 11.1. The van der Waals surface area contributed by atoms with Gasteiger partial charge < -0.3 is 4.74 Å². The van der Waals surface area contributed by atoms with Gasteiger partial charge in [0.1, 0.15) is 0 Å². The minimum atomic E-state index is -3.18. The average Bonchev–Trinajstić information content (AvgIpc) is 2.97. The SMILES string of the molecule is CCOC(=O)CCN(C)S(=O)(=O)CC1CC1. The number of hydrogen-bond donors (Lipinski definition) is 0. The zero-order chi connectivity index (χ0) is 12.2. The van der Waals surface area contributed by atoms with Gasteiger partial charge in [0.2, 0.25) is 10.0 Å². The monoisotopic (exact) mass is 249 g/mol. The predicted molar refractivity (Wildman–Crippen MR) is 60.4 cm³/mol. The molecule has 0 heterocycles. The zero-order valence-electron chi connectivity index (χ0n) is 9.81. The largest absolute Gasteiger partial charge is 0.466 e. The number of carbonyl (C=O) groups is 1. The minimum absolute atomic E-state index is 0.119. The first-order valence-corrected chi connectivity index (χ1v) is 7.16. The van der Waals surface area contributed by atoms with Gasteiger partial charge in [-0.05, 0) is 25.7 Å². The maximum atomic E-state index is 11.7. The molecule has 0 bridgehead atoms. The Morgan fingerprint density at radius 1 is 1.44 bits per heavy atom. The van der Waals surface area contributed by atoms with Crippen LogP contribution in [0.2, 0.25) is 0 Å². The Morgan fingerprint density at radius 2 is 2.06 bits per heavy atom. The summed E-state index contributed by atoms with van der Waals surface area (Å²) < 4.78 is 29.4. The summed E-state index contributed by atoms with van der Waals surface area (Å²) in [5, 5.41) is 0. The number of hydrogen-bond acceptors (Lipinski definition) is 4. The molecule has 1 saturated carbocycles. The van der Waals surface area contributed by atoms with Crippen LogP contribution in [-0.4, -0.2) is 44.6 Å². The van der Waals surface area contributed by atoms with Gasteiger partial charge in [-0.1, -0.05) is 0 Å². The molecule has 0 aromatic heterocycles. The Kier molecular flexibility index (Phi) is 4.73. The highest BCUT2D eigenvalue weighted by Crippen LogP contribution is 2.30. The van der Waals surface area contributed by atoms with Crippen LogP contribution in [0.5, 0.6) is 0 Å². The molecule has 0 spiro atoms. The Morgan fingerprint density at radius 3 is 2.56 bits per heavy atom. The lowest BCUT2D eigenvalue weighted by atomic mass is 10.4. The fourth-order valence-electron chi connectivity index (χ4n) is 1.33. The predicted octanol–water partition coefficient (Wildman–Crippen LogP) is 0.611. The van der Waals surface area contributed by atoms with Crippen molar-refractivity contribution in [2.45, 2.75) is 26.2 Å². The van der Waals surface area contributed by atoms with Crippen molar-refractivity contribution in [2.75, 3.05) is 26.0 Å². The van der Waals surface area contributed by atoms with Crippen LogP contribution in [0.25, 0.3) is 0 Å². The Bertz CT molecular complexity index is 335. The van der Waals surface area contributed by atoms with Gasteiger partial charge in [-0.25, -0.2) is 12.7 Å². The highest BCUT2D eigenvalue weighted by molar-refractivity contribution is 7.89. The highest BCUT2D eigenvalue weighted by Gasteiger charge is 2.30. The molecule has 0 saturated heterocycles. The van der Waals surface area contributed by atoms with E-state index in [1.165, 1.54) is 11.4 Å². The first kappa shape index (κ1) is 13.4. The Balaban J connectivity index is 2.32. The second kappa shape index (κ2) is 5.63. The molecule has 0 unspecified atom stereocenters. The van der Waals surface area contributed by atoms with Crippen LogP contribution >= 0.6 is 0 Å². The van der Waals surface area contributed by atoms with Crippen LogP contribution in [-0.2, 0) is 19.6 Å². The Hall–Kier alpha value is -0.620. The number of rotatable bonds is 7. The summed E-state index contributed by atoms with van der Waals surface area (Å²) >= 11 is 0. The summed E-state index contributed by atoms with van der Waals surface area (Å²) in [5.41, 5.74) is 0. The maximum absolute atomic E-state index is 11.7. The molecule has 0 radical (unpaired) electrons. The van der Waals surface area contributed by atoms with E-state index in [-0.39, 0.29) is 24.7 Å². The first-order valence-electron chi connectivity index (χ1n) is 5.55. The van der Waals surface area contributed by atoms with Gasteiger partial charge in [-0.3, -0.25) is 4.79 Å². The van der Waals surface area contributed by atoms with Crippen molar-refractivity contribution in [1.82, 2.24) is 4.31 Å². The van der Waals surface area contributed by atoms with Crippen molar-refractivity contribution >= 4 is 16.0 Å². The van der Waals surface area contributed by atoms with Crippen LogP contribution in [0.4, 0.5) is 0 Å². The molecule has 1 aliphatic rings.